The van der Waals surface area contributed by atoms with E-state index in [-0.39, 0.29) is 0 Å². The third-order valence-electron chi connectivity index (χ3n) is 3.79. The van der Waals surface area contributed by atoms with Gasteiger partial charge in [0.05, 0.1) is 0 Å². The van der Waals surface area contributed by atoms with Crippen LogP contribution in [0, 0.1) is 0 Å². The Morgan fingerprint density at radius 2 is 1.05 bits per heavy atom. The van der Waals surface area contributed by atoms with Gasteiger partial charge in [-0.3, -0.25) is 0 Å². The van der Waals surface area contributed by atoms with Crippen LogP contribution in [0.1, 0.15) is 0 Å². The Balaban J connectivity index is 2.23. The maximum atomic E-state index is 2.40. The zero-order valence-electron chi connectivity index (χ0n) is 11.0. The van der Waals surface area contributed by atoms with Crippen LogP contribution < -0.4 is 10.4 Å². The summed E-state index contributed by atoms with van der Waals surface area (Å²) in [5.74, 6) is 0. The van der Waals surface area contributed by atoms with Crippen molar-refractivity contribution in [1.82, 2.24) is 4.23 Å². The molecule has 1 aromatic heterocycles. The van der Waals surface area contributed by atoms with Gasteiger partial charge < -0.3 is 4.23 Å². The van der Waals surface area contributed by atoms with E-state index in [0.717, 1.165) is 0 Å². The lowest BCUT2D eigenvalue weighted by atomic mass is 10.4. The average Bonchev–Trinajstić information content (AvgIpc) is 3.03. The molecule has 94 valence electrons. The number of rotatable bonds is 3. The van der Waals surface area contributed by atoms with Crippen molar-refractivity contribution in [2.75, 3.05) is 0 Å². The highest BCUT2D eigenvalue weighted by molar-refractivity contribution is 7.00. The maximum Gasteiger partial charge on any atom is 0.221 e. The SMILES string of the molecule is C[Si](c1ccccc1)(c1ccccc1)n1cccc1. The number of benzene rings is 2. The van der Waals surface area contributed by atoms with Crippen LogP contribution in [0.2, 0.25) is 6.55 Å². The summed E-state index contributed by atoms with van der Waals surface area (Å²) >= 11 is 0. The topological polar surface area (TPSA) is 4.93 Å². The molecule has 0 spiro atoms. The van der Waals surface area contributed by atoms with Crippen LogP contribution >= 0.6 is 0 Å². The predicted molar refractivity (Wildman–Crippen MR) is 83.6 cm³/mol. The van der Waals surface area contributed by atoms with Crippen molar-refractivity contribution in [2.24, 2.45) is 0 Å². The van der Waals surface area contributed by atoms with Crippen LogP contribution in [0.3, 0.4) is 0 Å². The van der Waals surface area contributed by atoms with Gasteiger partial charge in [0, 0.05) is 0 Å². The molecule has 0 bridgehead atoms. The van der Waals surface area contributed by atoms with Gasteiger partial charge in [-0.2, -0.15) is 0 Å². The molecule has 2 heteroatoms. The average molecular weight is 263 g/mol. The number of aromatic nitrogens is 1. The molecule has 0 atom stereocenters. The minimum absolute atomic E-state index is 1.43. The predicted octanol–water partition coefficient (Wildman–Crippen LogP) is 2.73. The second-order valence-electron chi connectivity index (χ2n) is 4.89. The van der Waals surface area contributed by atoms with Crippen molar-refractivity contribution in [3.8, 4) is 0 Å². The Hall–Kier alpha value is -2.06. The first-order chi connectivity index (χ1) is 9.32. The fourth-order valence-corrected chi connectivity index (χ4v) is 6.00. The van der Waals surface area contributed by atoms with Crippen LogP contribution in [-0.4, -0.2) is 12.5 Å². The summed E-state index contributed by atoms with van der Waals surface area (Å²) in [5.41, 5.74) is 0. The lowest BCUT2D eigenvalue weighted by molar-refractivity contribution is 1.18. The highest BCUT2D eigenvalue weighted by Crippen LogP contribution is 2.09. The Morgan fingerprint density at radius 1 is 0.632 bits per heavy atom. The lowest BCUT2D eigenvalue weighted by Crippen LogP contribution is -2.61. The second-order valence-corrected chi connectivity index (χ2v) is 8.71. The van der Waals surface area contributed by atoms with E-state index in [2.05, 4.69) is 96.0 Å². The van der Waals surface area contributed by atoms with Gasteiger partial charge in [0.2, 0.25) is 8.24 Å². The van der Waals surface area contributed by atoms with Crippen molar-refractivity contribution in [2.45, 2.75) is 6.55 Å². The zero-order valence-corrected chi connectivity index (χ0v) is 12.0. The number of nitrogens with zero attached hydrogens (tertiary/aromatic N) is 1. The Labute approximate surface area is 115 Å². The van der Waals surface area contributed by atoms with Gasteiger partial charge in [0.15, 0.2) is 0 Å². The summed E-state index contributed by atoms with van der Waals surface area (Å²) in [7, 11) is -1.91. The molecule has 0 aliphatic rings. The van der Waals surface area contributed by atoms with E-state index in [1.165, 1.54) is 10.4 Å². The van der Waals surface area contributed by atoms with E-state index in [1.54, 1.807) is 0 Å². The van der Waals surface area contributed by atoms with E-state index >= 15 is 0 Å². The first-order valence-corrected chi connectivity index (χ1v) is 9.01. The van der Waals surface area contributed by atoms with E-state index in [1.807, 2.05) is 0 Å². The molecule has 0 fully saturated rings. The molecule has 0 amide bonds. The maximum absolute atomic E-state index is 2.40. The van der Waals surface area contributed by atoms with Crippen LogP contribution in [0.15, 0.2) is 85.2 Å². The summed E-state index contributed by atoms with van der Waals surface area (Å²) < 4.78 is 2.40. The molecule has 0 radical (unpaired) electrons. The first-order valence-electron chi connectivity index (χ1n) is 6.56. The summed E-state index contributed by atoms with van der Waals surface area (Å²) in [5, 5.41) is 2.86. The van der Waals surface area contributed by atoms with E-state index < -0.39 is 8.24 Å². The smallest absolute Gasteiger partial charge is 0.221 e. The normalized spacial score (nSPS) is 11.4. The fourth-order valence-electron chi connectivity index (χ4n) is 2.62. The molecule has 2 aromatic carbocycles. The molecule has 3 aromatic rings. The van der Waals surface area contributed by atoms with Crippen molar-refractivity contribution in [3.63, 3.8) is 0 Å². The van der Waals surface area contributed by atoms with Gasteiger partial charge in [0.1, 0.15) is 0 Å². The molecule has 3 rings (SSSR count). The zero-order chi connectivity index (χ0) is 13.1. The lowest BCUT2D eigenvalue weighted by Gasteiger charge is -2.30. The van der Waals surface area contributed by atoms with E-state index in [4.69, 9.17) is 0 Å². The third-order valence-corrected chi connectivity index (χ3v) is 8.04. The molecular formula is C17H17NSi. The molecular weight excluding hydrogens is 246 g/mol. The quantitative estimate of drug-likeness (QED) is 0.640. The van der Waals surface area contributed by atoms with Crippen molar-refractivity contribution >= 4 is 18.6 Å². The van der Waals surface area contributed by atoms with E-state index in [9.17, 15) is 0 Å². The Bertz CT molecular complexity index is 590. The van der Waals surface area contributed by atoms with Gasteiger partial charge >= 0.3 is 0 Å². The van der Waals surface area contributed by atoms with Crippen LogP contribution in [0.5, 0.6) is 0 Å². The standard InChI is InChI=1S/C17H17NSi/c1-19(18-14-8-9-15-18,16-10-4-2-5-11-16)17-12-6-3-7-13-17/h2-15H,1H3. The van der Waals surface area contributed by atoms with Gasteiger partial charge in [-0.25, -0.2) is 0 Å². The molecule has 1 nitrogen and oxygen atoms in total. The van der Waals surface area contributed by atoms with Crippen LogP contribution in [0.4, 0.5) is 0 Å². The molecule has 1 heterocycles. The Morgan fingerprint density at radius 3 is 1.47 bits per heavy atom. The summed E-state index contributed by atoms with van der Waals surface area (Å²) in [6, 6.07) is 25.9. The van der Waals surface area contributed by atoms with Gasteiger partial charge in [0.25, 0.3) is 0 Å². The van der Waals surface area contributed by atoms with Crippen LogP contribution in [0.25, 0.3) is 0 Å². The summed E-state index contributed by atoms with van der Waals surface area (Å²) in [6.45, 7) is 2.40. The van der Waals surface area contributed by atoms with Crippen molar-refractivity contribution in [1.29, 1.82) is 0 Å². The summed E-state index contributed by atoms with van der Waals surface area (Å²) in [6.07, 6.45) is 4.37. The molecule has 0 aliphatic heterocycles. The Kier molecular flexibility index (Phi) is 3.09. The first kappa shape index (κ1) is 12.0. The van der Waals surface area contributed by atoms with Gasteiger partial charge in [-0.05, 0) is 41.4 Å². The van der Waals surface area contributed by atoms with Crippen molar-refractivity contribution in [3.05, 3.63) is 85.2 Å². The minimum atomic E-state index is -1.91. The third kappa shape index (κ3) is 2.04. The van der Waals surface area contributed by atoms with E-state index in [0.29, 0.717) is 0 Å². The molecule has 0 aliphatic carbocycles. The molecule has 0 saturated carbocycles. The highest BCUT2D eigenvalue weighted by atomic mass is 28.3. The number of hydrogen-bond donors (Lipinski definition) is 0. The van der Waals surface area contributed by atoms with Crippen molar-refractivity contribution < 1.29 is 0 Å². The fraction of sp³-hybridized carbons (Fsp3) is 0.0588. The molecule has 19 heavy (non-hydrogen) atoms. The van der Waals surface area contributed by atoms with Gasteiger partial charge in [-0.1, -0.05) is 60.7 Å². The largest absolute Gasteiger partial charge is 0.372 e. The second kappa shape index (κ2) is 4.90. The highest BCUT2D eigenvalue weighted by Gasteiger charge is 2.33. The van der Waals surface area contributed by atoms with Crippen LogP contribution in [-0.2, 0) is 0 Å². The molecule has 0 saturated heterocycles. The number of hydrogen-bond acceptors (Lipinski definition) is 0. The summed E-state index contributed by atoms with van der Waals surface area (Å²) in [4.78, 5) is 0. The molecule has 0 N–H and O–H groups in total. The molecule has 0 unspecified atom stereocenters. The van der Waals surface area contributed by atoms with Gasteiger partial charge in [-0.15, -0.1) is 0 Å². The monoisotopic (exact) mass is 263 g/mol. The minimum Gasteiger partial charge on any atom is -0.372 e.